The number of H-pyrrole nitrogens is 2. The van der Waals surface area contributed by atoms with Gasteiger partial charge in [-0.3, -0.25) is 0 Å². The second-order valence-electron chi connectivity index (χ2n) is 4.96. The van der Waals surface area contributed by atoms with E-state index in [-0.39, 0.29) is 11.3 Å². The fourth-order valence-electron chi connectivity index (χ4n) is 2.28. The molecule has 0 spiro atoms. The highest BCUT2D eigenvalue weighted by molar-refractivity contribution is 6.05. The summed E-state index contributed by atoms with van der Waals surface area (Å²) in [6.07, 6.45) is 0. The molecule has 0 radical (unpaired) electrons. The Hall–Kier alpha value is -3.55. The molecule has 0 aliphatic rings. The first-order valence-electron chi connectivity index (χ1n) is 7.04. The summed E-state index contributed by atoms with van der Waals surface area (Å²) >= 11 is 0. The predicted molar refractivity (Wildman–Crippen MR) is 89.3 cm³/mol. The Bertz CT molecular complexity index is 973. The Morgan fingerprint density at radius 1 is 1.00 bits per heavy atom. The number of carbonyl (C=O) groups is 2. The fourth-order valence-corrected chi connectivity index (χ4v) is 2.28. The molecule has 1 heterocycles. The fraction of sp³-hybridized carbons (Fsp3) is 0.0625. The number of anilines is 2. The molecule has 0 atom stereocenters. The van der Waals surface area contributed by atoms with Gasteiger partial charge in [-0.05, 0) is 30.3 Å². The van der Waals surface area contributed by atoms with Crippen LogP contribution >= 0.6 is 0 Å². The van der Waals surface area contributed by atoms with Crippen LogP contribution in [0, 0.1) is 0 Å². The van der Waals surface area contributed by atoms with Gasteiger partial charge in [-0.15, -0.1) is 0 Å². The maximum Gasteiger partial charge on any atom is 0.339 e. The molecule has 122 valence electrons. The summed E-state index contributed by atoms with van der Waals surface area (Å²) in [7, 11) is 1.27. The summed E-state index contributed by atoms with van der Waals surface area (Å²) in [4.78, 5) is 40.3. The topological polar surface area (TPSA) is 116 Å². The lowest BCUT2D eigenvalue weighted by atomic mass is 10.2. The molecule has 2 amide bonds. The second kappa shape index (κ2) is 6.29. The van der Waals surface area contributed by atoms with E-state index in [1.807, 2.05) is 0 Å². The van der Waals surface area contributed by atoms with Crippen molar-refractivity contribution in [1.82, 2.24) is 9.97 Å². The highest BCUT2D eigenvalue weighted by atomic mass is 16.5. The third-order valence-corrected chi connectivity index (χ3v) is 3.35. The molecule has 3 aromatic rings. The zero-order valence-corrected chi connectivity index (χ0v) is 12.7. The standard InChI is InChI=1S/C16H14N4O4/c1-24-14(21)10-4-2-3-5-11(10)18-15(22)17-9-6-7-12-13(8-9)20-16(23)19-12/h2-8H,1H3,(H2,17,18,22)(H2,19,20,23). The number of aromatic nitrogens is 2. The Kier molecular flexibility index (Phi) is 4.02. The molecule has 3 rings (SSSR count). The smallest absolute Gasteiger partial charge is 0.339 e. The van der Waals surface area contributed by atoms with E-state index in [4.69, 9.17) is 0 Å². The highest BCUT2D eigenvalue weighted by Gasteiger charge is 2.13. The number of nitrogens with one attached hydrogen (secondary N) is 4. The summed E-state index contributed by atoms with van der Waals surface area (Å²) in [6, 6.07) is 10.9. The van der Waals surface area contributed by atoms with Gasteiger partial charge < -0.3 is 25.3 Å². The van der Waals surface area contributed by atoms with Crippen LogP contribution in [-0.4, -0.2) is 29.1 Å². The van der Waals surface area contributed by atoms with E-state index in [0.717, 1.165) is 0 Å². The van der Waals surface area contributed by atoms with Crippen molar-refractivity contribution < 1.29 is 14.3 Å². The molecule has 2 aromatic carbocycles. The van der Waals surface area contributed by atoms with Crippen molar-refractivity contribution in [3.8, 4) is 0 Å². The molecular weight excluding hydrogens is 312 g/mol. The quantitative estimate of drug-likeness (QED) is 0.552. The first-order chi connectivity index (χ1) is 11.6. The van der Waals surface area contributed by atoms with Crippen molar-refractivity contribution in [2.24, 2.45) is 0 Å². The molecule has 0 bridgehead atoms. The molecule has 0 saturated carbocycles. The van der Waals surface area contributed by atoms with Gasteiger partial charge in [0.25, 0.3) is 0 Å². The largest absolute Gasteiger partial charge is 0.465 e. The minimum atomic E-state index is -0.544. The summed E-state index contributed by atoms with van der Waals surface area (Å²) in [5, 5.41) is 5.23. The number of urea groups is 1. The van der Waals surface area contributed by atoms with E-state index < -0.39 is 12.0 Å². The average molecular weight is 326 g/mol. The third-order valence-electron chi connectivity index (χ3n) is 3.35. The minimum Gasteiger partial charge on any atom is -0.465 e. The molecule has 0 aliphatic heterocycles. The van der Waals surface area contributed by atoms with E-state index in [0.29, 0.717) is 22.4 Å². The number of carbonyl (C=O) groups excluding carboxylic acids is 2. The lowest BCUT2D eigenvalue weighted by Gasteiger charge is -2.10. The Morgan fingerprint density at radius 3 is 2.54 bits per heavy atom. The molecule has 8 nitrogen and oxygen atoms in total. The number of methoxy groups -OCH3 is 1. The van der Waals surface area contributed by atoms with Crippen LogP contribution in [0.25, 0.3) is 11.0 Å². The number of benzene rings is 2. The van der Waals surface area contributed by atoms with E-state index in [2.05, 4.69) is 25.3 Å². The van der Waals surface area contributed by atoms with Crippen molar-refractivity contribution >= 4 is 34.4 Å². The van der Waals surface area contributed by atoms with Crippen LogP contribution in [-0.2, 0) is 4.74 Å². The minimum absolute atomic E-state index is 0.251. The SMILES string of the molecule is COC(=O)c1ccccc1NC(=O)Nc1ccc2[nH]c(=O)[nH]c2c1. The van der Waals surface area contributed by atoms with E-state index in [1.165, 1.54) is 7.11 Å². The van der Waals surface area contributed by atoms with Crippen LogP contribution in [0.1, 0.15) is 10.4 Å². The normalized spacial score (nSPS) is 10.4. The molecule has 24 heavy (non-hydrogen) atoms. The number of aromatic amines is 2. The number of ether oxygens (including phenoxy) is 1. The summed E-state index contributed by atoms with van der Waals surface area (Å²) in [6.45, 7) is 0. The number of rotatable bonds is 3. The Morgan fingerprint density at radius 2 is 1.75 bits per heavy atom. The van der Waals surface area contributed by atoms with Gasteiger partial charge in [-0.1, -0.05) is 12.1 Å². The maximum absolute atomic E-state index is 12.1. The van der Waals surface area contributed by atoms with Crippen molar-refractivity contribution in [1.29, 1.82) is 0 Å². The average Bonchev–Trinajstić information content (AvgIpc) is 2.94. The van der Waals surface area contributed by atoms with Crippen molar-refractivity contribution in [3.63, 3.8) is 0 Å². The first kappa shape index (κ1) is 15.3. The van der Waals surface area contributed by atoms with E-state index in [9.17, 15) is 14.4 Å². The number of imidazole rings is 1. The number of amides is 2. The molecule has 0 aliphatic carbocycles. The molecule has 1 aromatic heterocycles. The number of esters is 1. The molecule has 0 saturated heterocycles. The highest BCUT2D eigenvalue weighted by Crippen LogP contribution is 2.18. The molecule has 8 heteroatoms. The zero-order chi connectivity index (χ0) is 17.1. The van der Waals surface area contributed by atoms with Crippen molar-refractivity contribution in [2.45, 2.75) is 0 Å². The van der Waals surface area contributed by atoms with Crippen molar-refractivity contribution in [3.05, 3.63) is 58.5 Å². The van der Waals surface area contributed by atoms with Gasteiger partial charge >= 0.3 is 17.7 Å². The van der Waals surface area contributed by atoms with E-state index in [1.54, 1.807) is 42.5 Å². The molecule has 0 fully saturated rings. The molecular formula is C16H14N4O4. The van der Waals surface area contributed by atoms with Crippen LogP contribution in [0.3, 0.4) is 0 Å². The summed E-state index contributed by atoms with van der Waals surface area (Å²) in [5.74, 6) is -0.544. The lowest BCUT2D eigenvalue weighted by molar-refractivity contribution is 0.0602. The Balaban J connectivity index is 1.77. The number of hydrogen-bond acceptors (Lipinski definition) is 4. The molecule has 4 N–H and O–H groups in total. The molecule has 0 unspecified atom stereocenters. The van der Waals surface area contributed by atoms with Gasteiger partial charge in [0.05, 0.1) is 29.4 Å². The third kappa shape index (κ3) is 3.12. The zero-order valence-electron chi connectivity index (χ0n) is 12.7. The van der Waals surface area contributed by atoms with Crippen LogP contribution in [0.5, 0.6) is 0 Å². The van der Waals surface area contributed by atoms with Crippen molar-refractivity contribution in [2.75, 3.05) is 17.7 Å². The predicted octanol–water partition coefficient (Wildman–Crippen LogP) is 2.29. The van der Waals surface area contributed by atoms with Crippen LogP contribution in [0.2, 0.25) is 0 Å². The maximum atomic E-state index is 12.1. The number of fused-ring (bicyclic) bond motifs is 1. The summed E-state index contributed by atoms with van der Waals surface area (Å²) < 4.78 is 4.68. The number of hydrogen-bond donors (Lipinski definition) is 4. The summed E-state index contributed by atoms with van der Waals surface area (Å²) in [5.41, 5.74) is 1.97. The van der Waals surface area contributed by atoms with Crippen LogP contribution in [0.15, 0.2) is 47.3 Å². The van der Waals surface area contributed by atoms with Gasteiger partial charge in [-0.25, -0.2) is 14.4 Å². The van der Waals surface area contributed by atoms with Gasteiger partial charge in [-0.2, -0.15) is 0 Å². The number of para-hydroxylation sites is 1. The first-order valence-corrected chi connectivity index (χ1v) is 7.04. The lowest BCUT2D eigenvalue weighted by Crippen LogP contribution is -2.21. The Labute approximate surface area is 135 Å². The van der Waals surface area contributed by atoms with Gasteiger partial charge in [0.15, 0.2) is 0 Å². The van der Waals surface area contributed by atoms with E-state index >= 15 is 0 Å². The second-order valence-corrected chi connectivity index (χ2v) is 4.96. The van der Waals surface area contributed by atoms with Gasteiger partial charge in [0, 0.05) is 5.69 Å². The van der Waals surface area contributed by atoms with Crippen LogP contribution in [0.4, 0.5) is 16.2 Å². The monoisotopic (exact) mass is 326 g/mol. The van der Waals surface area contributed by atoms with Gasteiger partial charge in [0.1, 0.15) is 0 Å². The van der Waals surface area contributed by atoms with Gasteiger partial charge in [0.2, 0.25) is 0 Å². The van der Waals surface area contributed by atoms with Crippen LogP contribution < -0.4 is 16.3 Å².